The van der Waals surface area contributed by atoms with E-state index in [2.05, 4.69) is 5.32 Å². The number of rotatable bonds is 4. The highest BCUT2D eigenvalue weighted by molar-refractivity contribution is 6.31. The van der Waals surface area contributed by atoms with Crippen LogP contribution in [0.25, 0.3) is 0 Å². The summed E-state index contributed by atoms with van der Waals surface area (Å²) in [5, 5.41) is 67.8. The molecule has 3 aliphatic rings. The Bertz CT molecular complexity index is 1330. The van der Waals surface area contributed by atoms with Crippen molar-refractivity contribution >= 4 is 11.6 Å². The summed E-state index contributed by atoms with van der Waals surface area (Å²) in [6.45, 7) is 3.34. The van der Waals surface area contributed by atoms with Crippen LogP contribution in [0.15, 0.2) is 18.2 Å². The van der Waals surface area contributed by atoms with Crippen LogP contribution >= 0.6 is 0 Å². The van der Waals surface area contributed by atoms with E-state index in [0.717, 1.165) is 12.1 Å². The molecule has 2 aromatic carbocycles. The number of benzene rings is 2. The Labute approximate surface area is 218 Å². The van der Waals surface area contributed by atoms with Crippen LogP contribution in [0.1, 0.15) is 88.3 Å². The number of hydrogen-bond acceptors (Lipinski definition) is 11. The second-order valence-corrected chi connectivity index (χ2v) is 10.2. The van der Waals surface area contributed by atoms with Gasteiger partial charge in [0.05, 0.1) is 40.6 Å². The Morgan fingerprint density at radius 1 is 1.08 bits per heavy atom. The molecule has 0 amide bonds. The van der Waals surface area contributed by atoms with Gasteiger partial charge in [-0.05, 0) is 44.2 Å². The highest BCUT2D eigenvalue weighted by Crippen LogP contribution is 2.53. The fourth-order valence-corrected chi connectivity index (χ4v) is 5.85. The smallest absolute Gasteiger partial charge is 0.202 e. The Morgan fingerprint density at radius 3 is 2.32 bits per heavy atom. The lowest BCUT2D eigenvalue weighted by molar-refractivity contribution is -0.254. The summed E-state index contributed by atoms with van der Waals surface area (Å²) < 4.78 is 12.1. The van der Waals surface area contributed by atoms with Gasteiger partial charge in [-0.1, -0.05) is 6.92 Å². The second kappa shape index (κ2) is 9.30. The van der Waals surface area contributed by atoms with Gasteiger partial charge in [0, 0.05) is 30.0 Å². The zero-order valence-corrected chi connectivity index (χ0v) is 21.1. The van der Waals surface area contributed by atoms with Gasteiger partial charge >= 0.3 is 0 Å². The van der Waals surface area contributed by atoms with Gasteiger partial charge in [-0.3, -0.25) is 9.59 Å². The average Bonchev–Trinajstić information content (AvgIpc) is 2.88. The number of likely N-dealkylation sites (N-methyl/N-ethyl adjacent to an activating group) is 1. The molecule has 1 fully saturated rings. The molecule has 0 bridgehead atoms. The quantitative estimate of drug-likeness (QED) is 0.242. The van der Waals surface area contributed by atoms with Crippen molar-refractivity contribution in [3.05, 3.63) is 51.6 Å². The van der Waals surface area contributed by atoms with E-state index in [4.69, 9.17) is 9.47 Å². The number of phenols is 3. The van der Waals surface area contributed by atoms with Crippen molar-refractivity contribution in [3.8, 4) is 17.2 Å². The number of fused-ring (bicyclic) bond motifs is 3. The number of ether oxygens (including phenoxy) is 2. The van der Waals surface area contributed by atoms with E-state index >= 15 is 0 Å². The Kier molecular flexibility index (Phi) is 6.49. The van der Waals surface area contributed by atoms with Crippen LogP contribution in [0, 0.1) is 0 Å². The van der Waals surface area contributed by atoms with Gasteiger partial charge in [0.1, 0.15) is 23.4 Å². The Balaban J connectivity index is 1.65. The van der Waals surface area contributed by atoms with Gasteiger partial charge < -0.3 is 45.4 Å². The topological polar surface area (TPSA) is 186 Å². The van der Waals surface area contributed by atoms with Crippen molar-refractivity contribution < 1.29 is 49.7 Å². The van der Waals surface area contributed by atoms with Crippen LogP contribution < -0.4 is 5.32 Å². The van der Waals surface area contributed by atoms with Gasteiger partial charge in [0.2, 0.25) is 5.78 Å². The van der Waals surface area contributed by atoms with Crippen molar-refractivity contribution in [1.82, 2.24) is 5.32 Å². The number of aromatic hydroxyl groups is 3. The molecule has 2 aromatic rings. The van der Waals surface area contributed by atoms with Crippen LogP contribution in [0.3, 0.4) is 0 Å². The van der Waals surface area contributed by atoms with Gasteiger partial charge in [0.15, 0.2) is 12.1 Å². The van der Waals surface area contributed by atoms with Crippen LogP contribution in [0.5, 0.6) is 17.2 Å². The molecule has 0 spiro atoms. The minimum Gasteiger partial charge on any atom is -0.507 e. The molecule has 7 N–H and O–H groups in total. The number of carbonyl (C=O) groups is 2. The van der Waals surface area contributed by atoms with E-state index in [9.17, 15) is 40.2 Å². The lowest BCUT2D eigenvalue weighted by Gasteiger charge is -2.45. The first-order valence-electron chi connectivity index (χ1n) is 12.5. The first-order chi connectivity index (χ1) is 17.9. The molecule has 7 atom stereocenters. The monoisotopic (exact) mass is 529 g/mol. The molecule has 11 heteroatoms. The summed E-state index contributed by atoms with van der Waals surface area (Å²) in [5.74, 6) is -3.47. The van der Waals surface area contributed by atoms with E-state index in [1.54, 1.807) is 20.9 Å². The van der Waals surface area contributed by atoms with Crippen molar-refractivity contribution in [2.75, 3.05) is 7.05 Å². The second-order valence-electron chi connectivity index (χ2n) is 10.2. The predicted molar refractivity (Wildman–Crippen MR) is 131 cm³/mol. The SMILES string of the molecule is CC[C@@]1(O)C[C@H](O[C@H]2C[C@H](NC)[C@H](O)[C@H](C)O2)c2cc3c(c(O)c2[C@H]1O)C(=O)c1c(O)ccc(O)c1C3=O. The summed E-state index contributed by atoms with van der Waals surface area (Å²) in [6.07, 6.45) is -4.55. The van der Waals surface area contributed by atoms with Crippen LogP contribution in [-0.2, 0) is 9.47 Å². The fraction of sp³-hybridized carbons (Fsp3) is 0.481. The number of carbonyl (C=O) groups excluding carboxylic acids is 2. The minimum atomic E-state index is -1.74. The maximum Gasteiger partial charge on any atom is 0.202 e. The minimum absolute atomic E-state index is 0.0775. The molecule has 1 saturated heterocycles. The Hall–Kier alpha value is -3.06. The number of hydrogen-bond donors (Lipinski definition) is 7. The van der Waals surface area contributed by atoms with Crippen molar-refractivity contribution in [2.45, 2.75) is 75.5 Å². The predicted octanol–water partition coefficient (Wildman–Crippen LogP) is 1.30. The highest BCUT2D eigenvalue weighted by Gasteiger charge is 2.49. The van der Waals surface area contributed by atoms with E-state index in [-0.39, 0.29) is 42.0 Å². The number of ketones is 2. The third-order valence-electron chi connectivity index (χ3n) is 8.13. The molecule has 2 aliphatic carbocycles. The molecule has 0 radical (unpaired) electrons. The first-order valence-corrected chi connectivity index (χ1v) is 12.5. The van der Waals surface area contributed by atoms with Gasteiger partial charge in [-0.15, -0.1) is 0 Å². The van der Waals surface area contributed by atoms with Crippen LogP contribution in [-0.4, -0.2) is 79.4 Å². The van der Waals surface area contributed by atoms with Crippen molar-refractivity contribution in [3.63, 3.8) is 0 Å². The third-order valence-corrected chi connectivity index (χ3v) is 8.13. The molecule has 0 saturated carbocycles. The molecule has 0 unspecified atom stereocenters. The van der Waals surface area contributed by atoms with E-state index in [1.165, 1.54) is 6.07 Å². The maximum absolute atomic E-state index is 13.4. The summed E-state index contributed by atoms with van der Waals surface area (Å²) in [5.41, 5.74) is -3.25. The molecular weight excluding hydrogens is 498 g/mol. The zero-order valence-electron chi connectivity index (χ0n) is 21.1. The Morgan fingerprint density at radius 2 is 1.71 bits per heavy atom. The largest absolute Gasteiger partial charge is 0.507 e. The number of nitrogens with one attached hydrogen (secondary N) is 1. The molecule has 204 valence electrons. The molecule has 5 rings (SSSR count). The van der Waals surface area contributed by atoms with E-state index < -0.39 is 81.8 Å². The maximum atomic E-state index is 13.4. The summed E-state index contributed by atoms with van der Waals surface area (Å²) in [7, 11) is 1.70. The van der Waals surface area contributed by atoms with Crippen molar-refractivity contribution in [2.24, 2.45) is 0 Å². The summed E-state index contributed by atoms with van der Waals surface area (Å²) in [6, 6.07) is 3.13. The van der Waals surface area contributed by atoms with E-state index in [0.29, 0.717) is 0 Å². The standard InChI is InChI=1S/C27H31NO10/c1-4-27(36)9-16(38-17-8-13(28-3)22(31)10(2)37-17)11-7-12-18(24(33)19(11)26(27)35)25(34)21-15(30)6-5-14(29)20(21)23(12)32/h5-7,10,13,16-17,22,26,28-31,33,35-36H,4,8-9H2,1-3H3/t10-,13-,16-,17-,22+,26+,27+/m0/s1. The number of aliphatic hydroxyl groups is 3. The van der Waals surface area contributed by atoms with E-state index in [1.807, 2.05) is 0 Å². The normalized spacial score (nSPS) is 32.5. The van der Waals surface area contributed by atoms with Crippen molar-refractivity contribution in [1.29, 1.82) is 0 Å². The first kappa shape index (κ1) is 26.5. The molecule has 1 heterocycles. The highest BCUT2D eigenvalue weighted by atomic mass is 16.7. The average molecular weight is 530 g/mol. The summed E-state index contributed by atoms with van der Waals surface area (Å²) >= 11 is 0. The lowest BCUT2D eigenvalue weighted by atomic mass is 9.71. The number of phenolic OH excluding ortho intramolecular Hbond substituents is 3. The molecule has 0 aromatic heterocycles. The fourth-order valence-electron chi connectivity index (χ4n) is 5.85. The van der Waals surface area contributed by atoms with Gasteiger partial charge in [-0.2, -0.15) is 0 Å². The van der Waals surface area contributed by atoms with Gasteiger partial charge in [0.25, 0.3) is 0 Å². The number of aliphatic hydroxyl groups excluding tert-OH is 2. The lowest BCUT2D eigenvalue weighted by Crippen LogP contribution is -2.53. The molecule has 11 nitrogen and oxygen atoms in total. The zero-order chi connectivity index (χ0) is 27.7. The molecular formula is C27H31NO10. The third kappa shape index (κ3) is 3.81. The summed E-state index contributed by atoms with van der Waals surface area (Å²) in [4.78, 5) is 26.8. The molecule has 38 heavy (non-hydrogen) atoms. The van der Waals surface area contributed by atoms with Crippen LogP contribution in [0.2, 0.25) is 0 Å². The molecule has 1 aliphatic heterocycles. The van der Waals surface area contributed by atoms with Crippen LogP contribution in [0.4, 0.5) is 0 Å². The van der Waals surface area contributed by atoms with Gasteiger partial charge in [-0.25, -0.2) is 0 Å².